The zero-order chi connectivity index (χ0) is 19.3. The first-order valence-electron chi connectivity index (χ1n) is 7.54. The van der Waals surface area contributed by atoms with Crippen LogP contribution in [0.1, 0.15) is 29.4 Å². The van der Waals surface area contributed by atoms with Gasteiger partial charge in [0, 0.05) is 16.8 Å². The van der Waals surface area contributed by atoms with E-state index in [2.05, 4.69) is 15.0 Å². The number of nitrogens with one attached hydrogen (secondary N) is 1. The van der Waals surface area contributed by atoms with Crippen molar-refractivity contribution in [3.05, 3.63) is 46.7 Å². The number of amides is 1. The molecule has 1 aromatic carbocycles. The van der Waals surface area contributed by atoms with Crippen LogP contribution in [0.4, 0.5) is 8.78 Å². The summed E-state index contributed by atoms with van der Waals surface area (Å²) in [6, 6.07) is 6.08. The Morgan fingerprint density at radius 2 is 2.12 bits per heavy atom. The van der Waals surface area contributed by atoms with Crippen LogP contribution < -0.4 is 5.32 Å². The number of halogens is 3. The normalized spacial score (nSPS) is 10.7. The van der Waals surface area contributed by atoms with E-state index in [1.54, 1.807) is 19.1 Å². The van der Waals surface area contributed by atoms with E-state index in [1.165, 1.54) is 12.1 Å². The van der Waals surface area contributed by atoms with E-state index in [0.29, 0.717) is 10.6 Å². The van der Waals surface area contributed by atoms with E-state index in [1.807, 2.05) is 0 Å². The quantitative estimate of drug-likeness (QED) is 0.746. The van der Waals surface area contributed by atoms with Crippen molar-refractivity contribution in [3.63, 3.8) is 0 Å². The summed E-state index contributed by atoms with van der Waals surface area (Å²) in [6.07, 6.45) is -2.02. The van der Waals surface area contributed by atoms with Gasteiger partial charge in [-0.1, -0.05) is 23.7 Å². The second-order valence-electron chi connectivity index (χ2n) is 5.08. The van der Waals surface area contributed by atoms with E-state index >= 15 is 0 Å². The van der Waals surface area contributed by atoms with Crippen LogP contribution in [0, 0.1) is 0 Å². The highest BCUT2D eigenvalue weighted by Crippen LogP contribution is 2.38. The van der Waals surface area contributed by atoms with E-state index in [-0.39, 0.29) is 12.2 Å². The Kier molecular flexibility index (Phi) is 6.46. The number of esters is 1. The van der Waals surface area contributed by atoms with Gasteiger partial charge in [-0.15, -0.1) is 0 Å². The fourth-order valence-corrected chi connectivity index (χ4v) is 2.43. The first-order chi connectivity index (χ1) is 12.3. The molecule has 0 bridgehead atoms. The number of benzene rings is 1. The summed E-state index contributed by atoms with van der Waals surface area (Å²) in [5.41, 5.74) is -1.10. The van der Waals surface area contributed by atoms with Gasteiger partial charge in [0.05, 0.1) is 12.2 Å². The van der Waals surface area contributed by atoms with Crippen LogP contribution in [-0.4, -0.2) is 35.1 Å². The molecule has 0 unspecified atom stereocenters. The molecule has 0 aliphatic rings. The molecule has 2 N–H and O–H groups in total. The molecule has 26 heavy (non-hydrogen) atoms. The lowest BCUT2D eigenvalue weighted by atomic mass is 10.00. The molecule has 1 heterocycles. The maximum absolute atomic E-state index is 13.5. The first-order valence-corrected chi connectivity index (χ1v) is 7.92. The maximum atomic E-state index is 13.5. The third-order valence-electron chi connectivity index (χ3n) is 3.36. The molecule has 9 heteroatoms. The lowest BCUT2D eigenvalue weighted by Crippen LogP contribution is -2.31. The molecule has 0 aliphatic heterocycles. The standard InChI is InChI=1S/C17H15ClF2N2O4/c1-2-26-12(23)8-22-17(25)14-15(24)13(16(19)20)11(7-21-14)9-4-3-5-10(18)6-9/h3-7,16,24H,2,8H2,1H3,(H,22,25). The molecular formula is C17H15ClF2N2O4. The fourth-order valence-electron chi connectivity index (χ4n) is 2.24. The number of hydrogen-bond acceptors (Lipinski definition) is 5. The van der Waals surface area contributed by atoms with Crippen LogP contribution >= 0.6 is 11.6 Å². The predicted octanol–water partition coefficient (Wildman–Crippen LogP) is 3.34. The molecule has 2 aromatic rings. The Morgan fingerprint density at radius 3 is 2.73 bits per heavy atom. The van der Waals surface area contributed by atoms with E-state index in [4.69, 9.17) is 11.6 Å². The minimum atomic E-state index is -3.07. The van der Waals surface area contributed by atoms with Crippen LogP contribution in [0.25, 0.3) is 11.1 Å². The number of carbonyl (C=O) groups excluding carboxylic acids is 2. The topological polar surface area (TPSA) is 88.5 Å². The summed E-state index contributed by atoms with van der Waals surface area (Å²) in [5.74, 6) is -2.64. The lowest BCUT2D eigenvalue weighted by Gasteiger charge is -2.14. The highest BCUT2D eigenvalue weighted by molar-refractivity contribution is 6.30. The van der Waals surface area contributed by atoms with Crippen LogP contribution in [0.15, 0.2) is 30.5 Å². The van der Waals surface area contributed by atoms with Crippen molar-refractivity contribution in [3.8, 4) is 16.9 Å². The van der Waals surface area contributed by atoms with Crippen molar-refractivity contribution in [2.45, 2.75) is 13.3 Å². The van der Waals surface area contributed by atoms with E-state index in [0.717, 1.165) is 6.20 Å². The van der Waals surface area contributed by atoms with E-state index in [9.17, 15) is 23.5 Å². The summed E-state index contributed by atoms with van der Waals surface area (Å²) in [6.45, 7) is 1.24. The van der Waals surface area contributed by atoms with Gasteiger partial charge in [0.1, 0.15) is 6.54 Å². The lowest BCUT2D eigenvalue weighted by molar-refractivity contribution is -0.141. The van der Waals surface area contributed by atoms with Crippen molar-refractivity contribution < 1.29 is 28.2 Å². The molecule has 2 rings (SSSR count). The van der Waals surface area contributed by atoms with Gasteiger partial charge in [0.2, 0.25) is 0 Å². The molecule has 0 atom stereocenters. The Morgan fingerprint density at radius 1 is 1.38 bits per heavy atom. The number of alkyl halides is 2. The van der Waals surface area contributed by atoms with Crippen LogP contribution in [-0.2, 0) is 9.53 Å². The average Bonchev–Trinajstić information content (AvgIpc) is 2.59. The maximum Gasteiger partial charge on any atom is 0.325 e. The van der Waals surface area contributed by atoms with Gasteiger partial charge >= 0.3 is 5.97 Å². The summed E-state index contributed by atoms with van der Waals surface area (Å²) < 4.78 is 31.7. The molecule has 0 saturated carbocycles. The Balaban J connectivity index is 2.38. The monoisotopic (exact) mass is 384 g/mol. The summed E-state index contributed by atoms with van der Waals surface area (Å²) in [5, 5.41) is 12.6. The van der Waals surface area contributed by atoms with Gasteiger partial charge in [-0.05, 0) is 24.6 Å². The van der Waals surface area contributed by atoms with Crippen molar-refractivity contribution in [1.82, 2.24) is 10.3 Å². The summed E-state index contributed by atoms with van der Waals surface area (Å²) >= 11 is 5.87. The second kappa shape index (κ2) is 8.57. The van der Waals surface area contributed by atoms with Crippen molar-refractivity contribution in [1.29, 1.82) is 0 Å². The predicted molar refractivity (Wildman–Crippen MR) is 90.3 cm³/mol. The third kappa shape index (κ3) is 4.45. The molecule has 138 valence electrons. The van der Waals surface area contributed by atoms with Gasteiger partial charge in [-0.2, -0.15) is 0 Å². The SMILES string of the molecule is CCOC(=O)CNC(=O)c1ncc(-c2cccc(Cl)c2)c(C(F)F)c1O. The number of nitrogens with zero attached hydrogens (tertiary/aromatic N) is 1. The number of carbonyl (C=O) groups is 2. The molecule has 0 spiro atoms. The van der Waals surface area contributed by atoms with Gasteiger partial charge in [0.25, 0.3) is 12.3 Å². The number of pyridine rings is 1. The molecule has 0 fully saturated rings. The van der Waals surface area contributed by atoms with E-state index < -0.39 is 41.9 Å². The van der Waals surface area contributed by atoms with Crippen LogP contribution in [0.2, 0.25) is 5.02 Å². The number of aromatic nitrogens is 1. The van der Waals surface area contributed by atoms with Crippen LogP contribution in [0.5, 0.6) is 5.75 Å². The molecule has 0 radical (unpaired) electrons. The average molecular weight is 385 g/mol. The third-order valence-corrected chi connectivity index (χ3v) is 3.59. The Hall–Kier alpha value is -2.74. The molecule has 6 nitrogen and oxygen atoms in total. The molecule has 0 aliphatic carbocycles. The number of ether oxygens (including phenoxy) is 1. The van der Waals surface area contributed by atoms with Crippen molar-refractivity contribution in [2.75, 3.05) is 13.2 Å². The van der Waals surface area contributed by atoms with Gasteiger partial charge in [-0.3, -0.25) is 9.59 Å². The highest BCUT2D eigenvalue weighted by Gasteiger charge is 2.26. The van der Waals surface area contributed by atoms with Gasteiger partial charge in [-0.25, -0.2) is 13.8 Å². The molecule has 1 amide bonds. The molecule has 1 aromatic heterocycles. The zero-order valence-electron chi connectivity index (χ0n) is 13.6. The van der Waals surface area contributed by atoms with Gasteiger partial charge < -0.3 is 15.2 Å². The number of rotatable bonds is 6. The number of hydrogen-bond donors (Lipinski definition) is 2. The first kappa shape index (κ1) is 19.6. The Labute approximate surface area is 152 Å². The van der Waals surface area contributed by atoms with Crippen molar-refractivity contribution >= 4 is 23.5 Å². The van der Waals surface area contributed by atoms with Crippen LogP contribution in [0.3, 0.4) is 0 Å². The Bertz CT molecular complexity index is 830. The largest absolute Gasteiger partial charge is 0.505 e. The molecular weight excluding hydrogens is 370 g/mol. The molecule has 0 saturated heterocycles. The minimum absolute atomic E-state index is 0.0538. The summed E-state index contributed by atoms with van der Waals surface area (Å²) in [7, 11) is 0. The number of aromatic hydroxyl groups is 1. The van der Waals surface area contributed by atoms with Crippen molar-refractivity contribution in [2.24, 2.45) is 0 Å². The second-order valence-corrected chi connectivity index (χ2v) is 5.52. The smallest absolute Gasteiger partial charge is 0.325 e. The highest BCUT2D eigenvalue weighted by atomic mass is 35.5. The zero-order valence-corrected chi connectivity index (χ0v) is 14.4. The summed E-state index contributed by atoms with van der Waals surface area (Å²) in [4.78, 5) is 27.1. The fraction of sp³-hybridized carbons (Fsp3) is 0.235. The minimum Gasteiger partial charge on any atom is -0.505 e. The van der Waals surface area contributed by atoms with Gasteiger partial charge in [0.15, 0.2) is 11.4 Å².